The Morgan fingerprint density at radius 1 is 1.24 bits per heavy atom. The molecule has 0 radical (unpaired) electrons. The van der Waals surface area contributed by atoms with Crippen molar-refractivity contribution in [3.63, 3.8) is 0 Å². The lowest BCUT2D eigenvalue weighted by Crippen LogP contribution is -2.17. The van der Waals surface area contributed by atoms with Crippen LogP contribution in [0.1, 0.15) is 0 Å². The number of ether oxygens (including phenoxy) is 1. The number of nitrogens with two attached hydrogens (primary N) is 1. The molecule has 0 atom stereocenters. The number of hydrogen-bond acceptors (Lipinski definition) is 5. The number of anilines is 1. The van der Waals surface area contributed by atoms with Crippen LogP contribution in [0.15, 0.2) is 28.7 Å². The first kappa shape index (κ1) is 11.2. The number of nitrogen functional groups attached to an aromatic ring is 1. The molecule has 0 amide bonds. The molecule has 0 aliphatic rings. The molecule has 1 heterocycles. The van der Waals surface area contributed by atoms with Gasteiger partial charge in [-0.1, -0.05) is 11.2 Å². The highest BCUT2D eigenvalue weighted by Crippen LogP contribution is 2.27. The average molecular weight is 245 g/mol. The predicted octanol–water partition coefficient (Wildman–Crippen LogP) is 2.22. The van der Waals surface area contributed by atoms with Crippen molar-refractivity contribution in [1.29, 1.82) is 0 Å². The summed E-state index contributed by atoms with van der Waals surface area (Å²) < 4.78 is 44.6. The summed E-state index contributed by atoms with van der Waals surface area (Å²) in [7, 11) is 0. The van der Waals surface area contributed by atoms with Gasteiger partial charge >= 0.3 is 12.4 Å². The zero-order valence-electron chi connectivity index (χ0n) is 8.23. The van der Waals surface area contributed by atoms with Crippen molar-refractivity contribution in [2.45, 2.75) is 6.36 Å². The van der Waals surface area contributed by atoms with Crippen LogP contribution in [-0.2, 0) is 0 Å². The van der Waals surface area contributed by atoms with Crippen LogP contribution >= 0.6 is 0 Å². The van der Waals surface area contributed by atoms with E-state index in [1.807, 2.05) is 0 Å². The first-order chi connectivity index (χ1) is 7.94. The third-order valence-corrected chi connectivity index (χ3v) is 1.76. The number of hydrogen-bond donors (Lipinski definition) is 1. The van der Waals surface area contributed by atoms with Crippen molar-refractivity contribution in [1.82, 2.24) is 10.2 Å². The van der Waals surface area contributed by atoms with Crippen molar-refractivity contribution < 1.29 is 22.3 Å². The zero-order chi connectivity index (χ0) is 12.5. The topological polar surface area (TPSA) is 74.2 Å². The van der Waals surface area contributed by atoms with Gasteiger partial charge in [-0.15, -0.1) is 18.3 Å². The van der Waals surface area contributed by atoms with Crippen molar-refractivity contribution in [3.8, 4) is 17.2 Å². The van der Waals surface area contributed by atoms with Gasteiger partial charge in [-0.05, 0) is 18.2 Å². The number of benzene rings is 1. The largest absolute Gasteiger partial charge is 0.573 e. The maximum absolute atomic E-state index is 12.0. The molecule has 0 spiro atoms. The Hall–Kier alpha value is -2.25. The van der Waals surface area contributed by atoms with Gasteiger partial charge in [-0.3, -0.25) is 0 Å². The van der Waals surface area contributed by atoms with Crippen molar-refractivity contribution in [3.05, 3.63) is 24.3 Å². The quantitative estimate of drug-likeness (QED) is 0.877. The van der Waals surface area contributed by atoms with E-state index in [2.05, 4.69) is 14.9 Å². The Labute approximate surface area is 93.0 Å². The van der Waals surface area contributed by atoms with Gasteiger partial charge in [0.05, 0.1) is 0 Å². The van der Waals surface area contributed by atoms with E-state index in [0.717, 1.165) is 12.1 Å². The minimum atomic E-state index is -4.74. The van der Waals surface area contributed by atoms with Crippen LogP contribution in [-0.4, -0.2) is 16.6 Å². The maximum atomic E-state index is 12.0. The second-order valence-electron chi connectivity index (χ2n) is 3.02. The van der Waals surface area contributed by atoms with Crippen LogP contribution in [0.5, 0.6) is 5.75 Å². The molecule has 0 aliphatic carbocycles. The fourth-order valence-corrected chi connectivity index (χ4v) is 1.18. The molecule has 17 heavy (non-hydrogen) atoms. The Morgan fingerprint density at radius 2 is 2.00 bits per heavy atom. The van der Waals surface area contributed by atoms with E-state index in [9.17, 15) is 13.2 Å². The highest BCUT2D eigenvalue weighted by atomic mass is 19.4. The standard InChI is InChI=1S/C9H6F3N3O2/c10-9(11,12)17-6-3-1-2-5(4-6)7-14-15-8(13)16-7/h1-4H,(H2,13,15). The lowest BCUT2D eigenvalue weighted by molar-refractivity contribution is -0.274. The SMILES string of the molecule is Nc1nnc(-c2cccc(OC(F)(F)F)c2)o1. The average Bonchev–Trinajstić information content (AvgIpc) is 2.63. The highest BCUT2D eigenvalue weighted by Gasteiger charge is 2.31. The molecule has 2 rings (SSSR count). The van der Waals surface area contributed by atoms with E-state index < -0.39 is 6.36 Å². The summed E-state index contributed by atoms with van der Waals surface area (Å²) in [6, 6.07) is 4.99. The van der Waals surface area contributed by atoms with E-state index in [0.29, 0.717) is 0 Å². The molecule has 0 aliphatic heterocycles. The van der Waals surface area contributed by atoms with Gasteiger partial charge in [0.1, 0.15) is 5.75 Å². The van der Waals surface area contributed by atoms with Crippen molar-refractivity contribution >= 4 is 6.01 Å². The molecular weight excluding hydrogens is 239 g/mol. The first-order valence-electron chi connectivity index (χ1n) is 4.39. The Kier molecular flexibility index (Phi) is 2.62. The van der Waals surface area contributed by atoms with E-state index >= 15 is 0 Å². The highest BCUT2D eigenvalue weighted by molar-refractivity contribution is 5.55. The smallest absolute Gasteiger partial charge is 0.406 e. The zero-order valence-corrected chi connectivity index (χ0v) is 8.23. The normalized spacial score (nSPS) is 11.5. The van der Waals surface area contributed by atoms with Gasteiger partial charge in [-0.2, -0.15) is 0 Å². The third-order valence-electron chi connectivity index (χ3n) is 1.76. The fraction of sp³-hybridized carbons (Fsp3) is 0.111. The van der Waals surface area contributed by atoms with Gasteiger partial charge in [-0.25, -0.2) is 0 Å². The number of halogens is 3. The summed E-state index contributed by atoms with van der Waals surface area (Å²) in [5.41, 5.74) is 5.49. The van der Waals surface area contributed by atoms with Crippen molar-refractivity contribution in [2.75, 3.05) is 5.73 Å². The molecule has 8 heteroatoms. The lowest BCUT2D eigenvalue weighted by atomic mass is 10.2. The summed E-state index contributed by atoms with van der Waals surface area (Å²) >= 11 is 0. The molecule has 0 saturated heterocycles. The fourth-order valence-electron chi connectivity index (χ4n) is 1.18. The molecule has 0 saturated carbocycles. The van der Waals surface area contributed by atoms with Gasteiger partial charge in [0, 0.05) is 5.56 Å². The molecule has 1 aromatic heterocycles. The Bertz CT molecular complexity index is 524. The minimum absolute atomic E-state index is 0.0233. The molecule has 0 unspecified atom stereocenters. The second-order valence-corrected chi connectivity index (χ2v) is 3.02. The molecule has 1 aromatic carbocycles. The van der Waals surface area contributed by atoms with Crippen LogP contribution in [0.3, 0.4) is 0 Å². The van der Waals surface area contributed by atoms with Gasteiger partial charge < -0.3 is 14.9 Å². The number of aromatic nitrogens is 2. The minimum Gasteiger partial charge on any atom is -0.406 e. The molecular formula is C9H6F3N3O2. The molecule has 0 bridgehead atoms. The molecule has 5 nitrogen and oxygen atoms in total. The van der Waals surface area contributed by atoms with Crippen LogP contribution < -0.4 is 10.5 Å². The van der Waals surface area contributed by atoms with Crippen LogP contribution in [0.25, 0.3) is 11.5 Å². The summed E-state index contributed by atoms with van der Waals surface area (Å²) in [6.07, 6.45) is -4.74. The summed E-state index contributed by atoms with van der Waals surface area (Å²) in [5, 5.41) is 6.94. The van der Waals surface area contributed by atoms with Crippen molar-refractivity contribution in [2.24, 2.45) is 0 Å². The molecule has 0 fully saturated rings. The number of nitrogens with zero attached hydrogens (tertiary/aromatic N) is 2. The first-order valence-corrected chi connectivity index (χ1v) is 4.39. The van der Waals surface area contributed by atoms with Crippen LogP contribution in [0.4, 0.5) is 19.2 Å². The number of alkyl halides is 3. The molecule has 2 aromatic rings. The number of rotatable bonds is 2. The van der Waals surface area contributed by atoms with E-state index in [4.69, 9.17) is 10.2 Å². The Morgan fingerprint density at radius 3 is 2.59 bits per heavy atom. The predicted molar refractivity (Wildman–Crippen MR) is 50.8 cm³/mol. The molecule has 2 N–H and O–H groups in total. The maximum Gasteiger partial charge on any atom is 0.573 e. The Balaban J connectivity index is 2.29. The van der Waals surface area contributed by atoms with Crippen LogP contribution in [0, 0.1) is 0 Å². The van der Waals surface area contributed by atoms with E-state index in [-0.39, 0.29) is 23.2 Å². The van der Waals surface area contributed by atoms with Gasteiger partial charge in [0.2, 0.25) is 5.89 Å². The monoisotopic (exact) mass is 245 g/mol. The summed E-state index contributed by atoms with van der Waals surface area (Å²) in [6.45, 7) is 0. The van der Waals surface area contributed by atoms with Gasteiger partial charge in [0.25, 0.3) is 0 Å². The van der Waals surface area contributed by atoms with E-state index in [1.54, 1.807) is 0 Å². The van der Waals surface area contributed by atoms with Crippen LogP contribution in [0.2, 0.25) is 0 Å². The third kappa shape index (κ3) is 2.86. The lowest BCUT2D eigenvalue weighted by Gasteiger charge is -2.08. The van der Waals surface area contributed by atoms with E-state index in [1.165, 1.54) is 12.1 Å². The second kappa shape index (κ2) is 3.96. The van der Waals surface area contributed by atoms with Gasteiger partial charge in [0.15, 0.2) is 0 Å². The molecule has 90 valence electrons. The summed E-state index contributed by atoms with van der Waals surface area (Å²) in [5.74, 6) is -0.345. The summed E-state index contributed by atoms with van der Waals surface area (Å²) in [4.78, 5) is 0.